The van der Waals surface area contributed by atoms with Crippen LogP contribution >= 0.6 is 23.2 Å². The molecule has 0 atom stereocenters. The third kappa shape index (κ3) is 2.95. The Balaban J connectivity index is 2.85. The van der Waals surface area contributed by atoms with E-state index in [1.807, 2.05) is 6.07 Å². The molecule has 4 heteroatoms. The van der Waals surface area contributed by atoms with Crippen molar-refractivity contribution in [2.75, 3.05) is 11.9 Å². The van der Waals surface area contributed by atoms with Crippen LogP contribution in [0.4, 0.5) is 5.69 Å². The fourth-order valence-electron chi connectivity index (χ4n) is 0.921. The zero-order valence-corrected chi connectivity index (χ0v) is 8.86. The van der Waals surface area contributed by atoms with Crippen molar-refractivity contribution in [1.82, 2.24) is 0 Å². The van der Waals surface area contributed by atoms with Crippen LogP contribution in [-0.4, -0.2) is 6.54 Å². The minimum atomic E-state index is 0.427. The molecule has 0 fully saturated rings. The van der Waals surface area contributed by atoms with Crippen molar-refractivity contribution in [2.45, 2.75) is 0 Å². The predicted molar refractivity (Wildman–Crippen MR) is 59.6 cm³/mol. The number of nitrogens with one attached hydrogen (secondary N) is 1. The summed E-state index contributed by atoms with van der Waals surface area (Å²) in [7, 11) is 0. The van der Waals surface area contributed by atoms with E-state index in [1.165, 1.54) is 0 Å². The van der Waals surface area contributed by atoms with Gasteiger partial charge in [0.1, 0.15) is 0 Å². The summed E-state index contributed by atoms with van der Waals surface area (Å²) < 4.78 is 0. The Labute approximate surface area is 92.8 Å². The number of nitriles is 1. The first-order chi connectivity index (χ1) is 6.63. The van der Waals surface area contributed by atoms with Gasteiger partial charge >= 0.3 is 0 Å². The Bertz CT molecular complexity index is 394. The van der Waals surface area contributed by atoms with Crippen molar-refractivity contribution >= 4 is 28.9 Å². The van der Waals surface area contributed by atoms with E-state index in [2.05, 4.69) is 11.9 Å². The molecule has 0 spiro atoms. The molecular formula is C10H8Cl2N2. The lowest BCUT2D eigenvalue weighted by molar-refractivity contribution is 1.31. The van der Waals surface area contributed by atoms with Gasteiger partial charge in [-0.3, -0.25) is 0 Å². The van der Waals surface area contributed by atoms with Gasteiger partial charge in [-0.15, -0.1) is 0 Å². The molecule has 0 aliphatic rings. The molecule has 0 aromatic heterocycles. The average molecular weight is 227 g/mol. The highest BCUT2D eigenvalue weighted by molar-refractivity contribution is 6.33. The normalized spacial score (nSPS) is 9.21. The minimum absolute atomic E-state index is 0.427. The second kappa shape index (κ2) is 4.90. The summed E-state index contributed by atoms with van der Waals surface area (Å²) in [4.78, 5) is 0. The van der Waals surface area contributed by atoms with E-state index in [4.69, 9.17) is 28.5 Å². The number of benzene rings is 1. The fraction of sp³-hybridized carbons (Fsp3) is 0.100. The van der Waals surface area contributed by atoms with Crippen LogP contribution in [0.5, 0.6) is 0 Å². The molecule has 0 bridgehead atoms. The van der Waals surface area contributed by atoms with Gasteiger partial charge in [-0.1, -0.05) is 29.8 Å². The SMILES string of the molecule is C=C(Cl)CNc1cc(C#N)ccc1Cl. The molecule has 1 rings (SSSR count). The van der Waals surface area contributed by atoms with Crippen LogP contribution in [0.25, 0.3) is 0 Å². The summed E-state index contributed by atoms with van der Waals surface area (Å²) in [6.07, 6.45) is 0. The Morgan fingerprint density at radius 2 is 2.29 bits per heavy atom. The van der Waals surface area contributed by atoms with Crippen LogP contribution in [0.2, 0.25) is 5.02 Å². The predicted octanol–water partition coefficient (Wildman–Crippen LogP) is 3.38. The number of hydrogen-bond acceptors (Lipinski definition) is 2. The molecular weight excluding hydrogens is 219 g/mol. The standard InChI is InChI=1S/C10H8Cl2N2/c1-7(11)6-14-10-4-8(5-13)2-3-9(10)12/h2-4,14H,1,6H2. The van der Waals surface area contributed by atoms with Gasteiger partial charge in [0.25, 0.3) is 0 Å². The topological polar surface area (TPSA) is 35.8 Å². The van der Waals surface area contributed by atoms with Gasteiger partial charge in [0, 0.05) is 5.03 Å². The smallest absolute Gasteiger partial charge is 0.0992 e. The van der Waals surface area contributed by atoms with E-state index in [0.29, 0.717) is 27.9 Å². The molecule has 0 saturated heterocycles. The first-order valence-corrected chi connectivity index (χ1v) is 4.66. The van der Waals surface area contributed by atoms with Crippen LogP contribution in [0, 0.1) is 11.3 Å². The first-order valence-electron chi connectivity index (χ1n) is 3.90. The van der Waals surface area contributed by atoms with Crippen LogP contribution in [0.15, 0.2) is 29.8 Å². The minimum Gasteiger partial charge on any atom is -0.379 e. The number of anilines is 1. The van der Waals surface area contributed by atoms with Gasteiger partial charge in [0.15, 0.2) is 0 Å². The molecule has 1 N–H and O–H groups in total. The molecule has 14 heavy (non-hydrogen) atoms. The van der Waals surface area contributed by atoms with Crippen molar-refractivity contribution in [3.8, 4) is 6.07 Å². The second-order valence-electron chi connectivity index (χ2n) is 2.68. The lowest BCUT2D eigenvalue weighted by Gasteiger charge is -2.07. The third-order valence-corrected chi connectivity index (χ3v) is 2.03. The average Bonchev–Trinajstić information content (AvgIpc) is 2.16. The highest BCUT2D eigenvalue weighted by atomic mass is 35.5. The van der Waals surface area contributed by atoms with Crippen LogP contribution < -0.4 is 5.32 Å². The molecule has 0 aliphatic carbocycles. The molecule has 0 amide bonds. The molecule has 0 heterocycles. The number of nitrogens with zero attached hydrogens (tertiary/aromatic N) is 1. The van der Waals surface area contributed by atoms with Crippen LogP contribution in [-0.2, 0) is 0 Å². The van der Waals surface area contributed by atoms with Crippen molar-refractivity contribution in [2.24, 2.45) is 0 Å². The molecule has 0 unspecified atom stereocenters. The Kier molecular flexibility index (Phi) is 3.82. The highest BCUT2D eigenvalue weighted by Crippen LogP contribution is 2.22. The molecule has 0 radical (unpaired) electrons. The maximum absolute atomic E-state index is 8.67. The molecule has 1 aromatic carbocycles. The maximum atomic E-state index is 8.67. The van der Waals surface area contributed by atoms with E-state index < -0.39 is 0 Å². The van der Waals surface area contributed by atoms with Crippen molar-refractivity contribution in [3.05, 3.63) is 40.4 Å². The maximum Gasteiger partial charge on any atom is 0.0992 e. The van der Waals surface area contributed by atoms with E-state index >= 15 is 0 Å². The number of hydrogen-bond donors (Lipinski definition) is 1. The summed E-state index contributed by atoms with van der Waals surface area (Å²) in [6.45, 7) is 3.96. The largest absolute Gasteiger partial charge is 0.379 e. The summed E-state index contributed by atoms with van der Waals surface area (Å²) in [5.74, 6) is 0. The second-order valence-corrected chi connectivity index (χ2v) is 3.62. The van der Waals surface area contributed by atoms with Gasteiger partial charge in [-0.25, -0.2) is 0 Å². The van der Waals surface area contributed by atoms with Crippen molar-refractivity contribution in [1.29, 1.82) is 5.26 Å². The van der Waals surface area contributed by atoms with Gasteiger partial charge in [-0.2, -0.15) is 5.26 Å². The molecule has 2 nitrogen and oxygen atoms in total. The molecule has 1 aromatic rings. The van der Waals surface area contributed by atoms with Gasteiger partial charge in [0.05, 0.1) is 28.9 Å². The van der Waals surface area contributed by atoms with Crippen LogP contribution in [0.1, 0.15) is 5.56 Å². The number of halogens is 2. The zero-order valence-electron chi connectivity index (χ0n) is 7.35. The Hall–Kier alpha value is -1.17. The van der Waals surface area contributed by atoms with E-state index in [9.17, 15) is 0 Å². The third-order valence-electron chi connectivity index (χ3n) is 1.57. The summed E-state index contributed by atoms with van der Waals surface area (Å²) >= 11 is 11.5. The zero-order chi connectivity index (χ0) is 10.6. The lowest BCUT2D eigenvalue weighted by atomic mass is 10.2. The van der Waals surface area contributed by atoms with E-state index in [1.54, 1.807) is 18.2 Å². The Morgan fingerprint density at radius 3 is 2.86 bits per heavy atom. The molecule has 0 aliphatic heterocycles. The van der Waals surface area contributed by atoms with Crippen LogP contribution in [0.3, 0.4) is 0 Å². The van der Waals surface area contributed by atoms with Gasteiger partial charge in [0.2, 0.25) is 0 Å². The summed E-state index contributed by atoms with van der Waals surface area (Å²) in [6, 6.07) is 7.02. The van der Waals surface area contributed by atoms with Crippen molar-refractivity contribution in [3.63, 3.8) is 0 Å². The fourth-order valence-corrected chi connectivity index (χ4v) is 1.17. The molecule has 0 saturated carbocycles. The summed E-state index contributed by atoms with van der Waals surface area (Å²) in [5.41, 5.74) is 1.24. The first kappa shape index (κ1) is 10.9. The monoisotopic (exact) mass is 226 g/mol. The quantitative estimate of drug-likeness (QED) is 0.859. The lowest BCUT2D eigenvalue weighted by Crippen LogP contribution is -2.01. The van der Waals surface area contributed by atoms with Crippen molar-refractivity contribution < 1.29 is 0 Å². The van der Waals surface area contributed by atoms with E-state index in [-0.39, 0.29) is 0 Å². The Morgan fingerprint density at radius 1 is 1.57 bits per heavy atom. The number of rotatable bonds is 3. The highest BCUT2D eigenvalue weighted by Gasteiger charge is 2.01. The summed E-state index contributed by atoms with van der Waals surface area (Å²) in [5, 5.41) is 12.7. The van der Waals surface area contributed by atoms with E-state index in [0.717, 1.165) is 0 Å². The molecule has 72 valence electrons. The van der Waals surface area contributed by atoms with Gasteiger partial charge in [-0.05, 0) is 18.2 Å². The van der Waals surface area contributed by atoms with Gasteiger partial charge < -0.3 is 5.32 Å².